The van der Waals surface area contributed by atoms with E-state index in [1.165, 1.54) is 18.2 Å². The molecule has 0 spiro atoms. The summed E-state index contributed by atoms with van der Waals surface area (Å²) in [5.41, 5.74) is 3.02. The smallest absolute Gasteiger partial charge is 0.131 e. The third kappa shape index (κ3) is 2.45. The Morgan fingerprint density at radius 1 is 1.13 bits per heavy atom. The molecule has 0 aliphatic carbocycles. The number of rotatable bonds is 3. The SMILES string of the molecule is CCCCN1CCc2nc3c(ccc4ccccc43)c(O)c2C1. The molecule has 3 aromatic rings. The predicted molar refractivity (Wildman–Crippen MR) is 94.8 cm³/mol. The van der Waals surface area contributed by atoms with Crippen molar-refractivity contribution in [2.24, 2.45) is 0 Å². The Labute approximate surface area is 136 Å². The van der Waals surface area contributed by atoms with Crippen molar-refractivity contribution >= 4 is 21.7 Å². The molecule has 0 saturated heterocycles. The number of hydrogen-bond acceptors (Lipinski definition) is 3. The van der Waals surface area contributed by atoms with E-state index in [2.05, 4.69) is 30.0 Å². The van der Waals surface area contributed by atoms with Gasteiger partial charge < -0.3 is 5.11 Å². The molecule has 0 bridgehead atoms. The molecule has 0 unspecified atom stereocenters. The van der Waals surface area contributed by atoms with Crippen molar-refractivity contribution in [2.75, 3.05) is 13.1 Å². The summed E-state index contributed by atoms with van der Waals surface area (Å²) >= 11 is 0. The van der Waals surface area contributed by atoms with Crippen LogP contribution in [-0.4, -0.2) is 28.1 Å². The van der Waals surface area contributed by atoms with Gasteiger partial charge in [-0.25, -0.2) is 0 Å². The fourth-order valence-corrected chi connectivity index (χ4v) is 3.58. The number of nitrogens with zero attached hydrogens (tertiary/aromatic N) is 2. The van der Waals surface area contributed by atoms with E-state index in [4.69, 9.17) is 4.98 Å². The van der Waals surface area contributed by atoms with Gasteiger partial charge in [-0.15, -0.1) is 0 Å². The highest BCUT2D eigenvalue weighted by Gasteiger charge is 2.22. The van der Waals surface area contributed by atoms with Crippen LogP contribution in [0.2, 0.25) is 0 Å². The maximum Gasteiger partial charge on any atom is 0.131 e. The molecule has 0 atom stereocenters. The standard InChI is InChI=1S/C20H22N2O/c1-2-3-11-22-12-10-18-17(13-22)20(23)16-9-8-14-6-4-5-7-15(14)19(16)21-18/h4-9H,2-3,10-13H2,1H3,(H,21,23). The molecule has 3 heteroatoms. The molecule has 1 N–H and O–H groups in total. The van der Waals surface area contributed by atoms with Crippen LogP contribution < -0.4 is 0 Å². The number of fused-ring (bicyclic) bond motifs is 4. The number of pyridine rings is 1. The Morgan fingerprint density at radius 2 is 2.00 bits per heavy atom. The molecule has 0 fully saturated rings. The van der Waals surface area contributed by atoms with Gasteiger partial charge in [0.15, 0.2) is 0 Å². The second kappa shape index (κ2) is 5.82. The first-order valence-electron chi connectivity index (χ1n) is 8.52. The summed E-state index contributed by atoms with van der Waals surface area (Å²) in [4.78, 5) is 7.36. The zero-order valence-corrected chi connectivity index (χ0v) is 13.5. The van der Waals surface area contributed by atoms with E-state index < -0.39 is 0 Å². The summed E-state index contributed by atoms with van der Waals surface area (Å²) in [6.07, 6.45) is 3.34. The number of hydrogen-bond donors (Lipinski definition) is 1. The lowest BCUT2D eigenvalue weighted by Crippen LogP contribution is -2.32. The van der Waals surface area contributed by atoms with Crippen molar-refractivity contribution in [3.63, 3.8) is 0 Å². The van der Waals surface area contributed by atoms with E-state index in [0.717, 1.165) is 53.6 Å². The summed E-state index contributed by atoms with van der Waals surface area (Å²) < 4.78 is 0. The molecule has 1 aliphatic heterocycles. The molecule has 118 valence electrons. The molecule has 4 rings (SSSR count). The monoisotopic (exact) mass is 306 g/mol. The van der Waals surface area contributed by atoms with Crippen LogP contribution in [0.5, 0.6) is 5.75 Å². The van der Waals surface area contributed by atoms with Crippen LogP contribution in [0.1, 0.15) is 31.0 Å². The highest BCUT2D eigenvalue weighted by molar-refractivity contribution is 6.07. The van der Waals surface area contributed by atoms with Crippen LogP contribution in [-0.2, 0) is 13.0 Å². The molecule has 3 nitrogen and oxygen atoms in total. The third-order valence-corrected chi connectivity index (χ3v) is 4.91. The van der Waals surface area contributed by atoms with Crippen molar-refractivity contribution < 1.29 is 5.11 Å². The third-order valence-electron chi connectivity index (χ3n) is 4.91. The van der Waals surface area contributed by atoms with Crippen LogP contribution in [0.15, 0.2) is 36.4 Å². The number of aromatic nitrogens is 1. The van der Waals surface area contributed by atoms with Crippen LogP contribution in [0.4, 0.5) is 0 Å². The maximum atomic E-state index is 10.8. The topological polar surface area (TPSA) is 36.4 Å². The van der Waals surface area contributed by atoms with Crippen molar-refractivity contribution in [1.29, 1.82) is 0 Å². The average molecular weight is 306 g/mol. The van der Waals surface area contributed by atoms with Gasteiger partial charge in [0.05, 0.1) is 11.2 Å². The first-order valence-corrected chi connectivity index (χ1v) is 8.52. The van der Waals surface area contributed by atoms with E-state index in [1.807, 2.05) is 18.2 Å². The van der Waals surface area contributed by atoms with E-state index in [-0.39, 0.29) is 0 Å². The lowest BCUT2D eigenvalue weighted by atomic mass is 9.98. The van der Waals surface area contributed by atoms with Crippen LogP contribution >= 0.6 is 0 Å². The van der Waals surface area contributed by atoms with Crippen LogP contribution in [0, 0.1) is 0 Å². The van der Waals surface area contributed by atoms with Gasteiger partial charge in [0.25, 0.3) is 0 Å². The van der Waals surface area contributed by atoms with E-state index in [0.29, 0.717) is 5.75 Å². The highest BCUT2D eigenvalue weighted by Crippen LogP contribution is 2.36. The van der Waals surface area contributed by atoms with Crippen molar-refractivity contribution in [3.8, 4) is 5.75 Å². The summed E-state index contributed by atoms with van der Waals surface area (Å²) in [5.74, 6) is 0.428. The van der Waals surface area contributed by atoms with E-state index in [1.54, 1.807) is 0 Å². The van der Waals surface area contributed by atoms with E-state index >= 15 is 0 Å². The minimum atomic E-state index is 0.428. The van der Waals surface area contributed by atoms with Gasteiger partial charge in [-0.3, -0.25) is 9.88 Å². The second-order valence-corrected chi connectivity index (χ2v) is 6.45. The zero-order valence-electron chi connectivity index (χ0n) is 13.5. The Balaban J connectivity index is 1.85. The molecule has 1 aliphatic rings. The average Bonchev–Trinajstić information content (AvgIpc) is 2.60. The molecular weight excluding hydrogens is 284 g/mol. The Kier molecular flexibility index (Phi) is 3.66. The Bertz CT molecular complexity index is 872. The molecule has 23 heavy (non-hydrogen) atoms. The van der Waals surface area contributed by atoms with Crippen molar-refractivity contribution in [2.45, 2.75) is 32.7 Å². The van der Waals surface area contributed by atoms with Crippen LogP contribution in [0.25, 0.3) is 21.7 Å². The fourth-order valence-electron chi connectivity index (χ4n) is 3.58. The van der Waals surface area contributed by atoms with Gasteiger partial charge in [-0.1, -0.05) is 43.7 Å². The van der Waals surface area contributed by atoms with Gasteiger partial charge in [0.1, 0.15) is 5.75 Å². The summed E-state index contributed by atoms with van der Waals surface area (Å²) in [6, 6.07) is 12.3. The highest BCUT2D eigenvalue weighted by atomic mass is 16.3. The summed E-state index contributed by atoms with van der Waals surface area (Å²) in [6.45, 7) is 5.17. The quantitative estimate of drug-likeness (QED) is 0.735. The first kappa shape index (κ1) is 14.5. The summed E-state index contributed by atoms with van der Waals surface area (Å²) in [7, 11) is 0. The molecule has 1 aromatic heterocycles. The molecule has 0 radical (unpaired) electrons. The normalized spacial score (nSPS) is 15.2. The van der Waals surface area contributed by atoms with Crippen molar-refractivity contribution in [3.05, 3.63) is 47.7 Å². The fraction of sp³-hybridized carbons (Fsp3) is 0.350. The number of aromatic hydroxyl groups is 1. The molecule has 0 saturated carbocycles. The molecule has 2 aromatic carbocycles. The van der Waals surface area contributed by atoms with Gasteiger partial charge in [0.2, 0.25) is 0 Å². The Hall–Kier alpha value is -2.13. The van der Waals surface area contributed by atoms with Gasteiger partial charge >= 0.3 is 0 Å². The molecule has 2 heterocycles. The number of benzene rings is 2. The molecule has 0 amide bonds. The van der Waals surface area contributed by atoms with Gasteiger partial charge in [-0.2, -0.15) is 0 Å². The van der Waals surface area contributed by atoms with Crippen LogP contribution in [0.3, 0.4) is 0 Å². The van der Waals surface area contributed by atoms with Gasteiger partial charge in [0, 0.05) is 35.8 Å². The van der Waals surface area contributed by atoms with Crippen molar-refractivity contribution in [1.82, 2.24) is 9.88 Å². The Morgan fingerprint density at radius 3 is 2.87 bits per heavy atom. The number of unbranched alkanes of at least 4 members (excludes halogenated alkanes) is 1. The predicted octanol–water partition coefficient (Wildman–Crippen LogP) is 4.25. The lowest BCUT2D eigenvalue weighted by molar-refractivity contribution is 0.244. The largest absolute Gasteiger partial charge is 0.507 e. The minimum Gasteiger partial charge on any atom is -0.507 e. The maximum absolute atomic E-state index is 10.8. The van der Waals surface area contributed by atoms with Gasteiger partial charge in [-0.05, 0) is 24.4 Å². The van der Waals surface area contributed by atoms with E-state index in [9.17, 15) is 5.11 Å². The lowest BCUT2D eigenvalue weighted by Gasteiger charge is -2.29. The minimum absolute atomic E-state index is 0.428. The molecular formula is C20H22N2O. The first-order chi connectivity index (χ1) is 11.3. The second-order valence-electron chi connectivity index (χ2n) is 6.45. The zero-order chi connectivity index (χ0) is 15.8. The summed E-state index contributed by atoms with van der Waals surface area (Å²) in [5, 5.41) is 14.0.